The van der Waals surface area contributed by atoms with Crippen LogP contribution in [0.5, 0.6) is 0 Å². The van der Waals surface area contributed by atoms with Crippen molar-refractivity contribution < 1.29 is 4.39 Å². The second-order valence-corrected chi connectivity index (χ2v) is 5.47. The summed E-state index contributed by atoms with van der Waals surface area (Å²) < 4.78 is 17.3. The standard InChI is InChI=1S/C16H10ClFN2O/c1-19-13-6-5-9(17)7-14(13)20-12-4-2-3-11(18)10(12)8-15(20)16(19)21/h2-8H,1H3. The first-order chi connectivity index (χ1) is 10.1. The van der Waals surface area contributed by atoms with Gasteiger partial charge in [0.05, 0.1) is 16.6 Å². The van der Waals surface area contributed by atoms with E-state index in [1.54, 1.807) is 52.4 Å². The molecule has 3 nitrogen and oxygen atoms in total. The van der Waals surface area contributed by atoms with Crippen LogP contribution in [-0.4, -0.2) is 8.97 Å². The number of halogens is 2. The number of rotatable bonds is 0. The van der Waals surface area contributed by atoms with Crippen LogP contribution in [0.25, 0.3) is 27.5 Å². The number of aromatic nitrogens is 2. The molecule has 104 valence electrons. The van der Waals surface area contributed by atoms with Crippen molar-refractivity contribution in [2.75, 3.05) is 0 Å². The van der Waals surface area contributed by atoms with Crippen LogP contribution in [0.1, 0.15) is 0 Å². The van der Waals surface area contributed by atoms with Gasteiger partial charge in [0.15, 0.2) is 0 Å². The molecule has 0 amide bonds. The summed E-state index contributed by atoms with van der Waals surface area (Å²) in [4.78, 5) is 12.5. The van der Waals surface area contributed by atoms with Gasteiger partial charge in [0.1, 0.15) is 11.3 Å². The lowest BCUT2D eigenvalue weighted by molar-refractivity contribution is 0.640. The lowest BCUT2D eigenvalue weighted by atomic mass is 10.2. The van der Waals surface area contributed by atoms with E-state index in [-0.39, 0.29) is 11.4 Å². The van der Waals surface area contributed by atoms with Gasteiger partial charge in [-0.15, -0.1) is 0 Å². The summed E-state index contributed by atoms with van der Waals surface area (Å²) in [6.45, 7) is 0. The van der Waals surface area contributed by atoms with Gasteiger partial charge in [0.25, 0.3) is 5.56 Å². The van der Waals surface area contributed by atoms with E-state index in [2.05, 4.69) is 0 Å². The Morgan fingerprint density at radius 3 is 2.62 bits per heavy atom. The summed E-state index contributed by atoms with van der Waals surface area (Å²) in [5.74, 6) is -0.339. The topological polar surface area (TPSA) is 26.4 Å². The van der Waals surface area contributed by atoms with Gasteiger partial charge in [-0.2, -0.15) is 0 Å². The smallest absolute Gasteiger partial charge is 0.275 e. The fraction of sp³-hybridized carbons (Fsp3) is 0.0625. The van der Waals surface area contributed by atoms with Gasteiger partial charge in [0, 0.05) is 17.5 Å². The molecule has 0 bridgehead atoms. The Kier molecular flexibility index (Phi) is 2.41. The molecule has 0 saturated carbocycles. The van der Waals surface area contributed by atoms with Crippen LogP contribution in [0.3, 0.4) is 0 Å². The van der Waals surface area contributed by atoms with Crippen LogP contribution < -0.4 is 5.56 Å². The molecule has 0 unspecified atom stereocenters. The van der Waals surface area contributed by atoms with E-state index in [0.717, 1.165) is 11.0 Å². The molecule has 0 aliphatic rings. The summed E-state index contributed by atoms with van der Waals surface area (Å²) in [6, 6.07) is 11.7. The maximum Gasteiger partial charge on any atom is 0.275 e. The highest BCUT2D eigenvalue weighted by Gasteiger charge is 2.14. The van der Waals surface area contributed by atoms with E-state index in [0.29, 0.717) is 21.4 Å². The van der Waals surface area contributed by atoms with Gasteiger partial charge in [-0.1, -0.05) is 17.7 Å². The average Bonchev–Trinajstić information content (AvgIpc) is 2.86. The molecule has 0 fully saturated rings. The molecule has 4 rings (SSSR count). The van der Waals surface area contributed by atoms with Crippen LogP contribution in [0.4, 0.5) is 4.39 Å². The second kappa shape index (κ2) is 4.09. The zero-order chi connectivity index (χ0) is 14.7. The van der Waals surface area contributed by atoms with Crippen LogP contribution >= 0.6 is 11.6 Å². The van der Waals surface area contributed by atoms with Crippen LogP contribution in [0.2, 0.25) is 5.02 Å². The fourth-order valence-electron chi connectivity index (χ4n) is 2.85. The molecule has 2 heterocycles. The Bertz CT molecular complexity index is 1090. The van der Waals surface area contributed by atoms with Crippen LogP contribution in [0.15, 0.2) is 47.3 Å². The monoisotopic (exact) mass is 300 g/mol. The number of nitrogens with zero attached hydrogens (tertiary/aromatic N) is 2. The SMILES string of the molecule is Cn1c(=O)c2cc3c(F)cccc3n2c2cc(Cl)ccc21. The predicted octanol–water partition coefficient (Wildman–Crippen LogP) is 3.74. The maximum absolute atomic E-state index is 14.0. The van der Waals surface area contributed by atoms with Crippen LogP contribution in [0, 0.1) is 5.82 Å². The molecule has 21 heavy (non-hydrogen) atoms. The van der Waals surface area contributed by atoms with Crippen molar-refractivity contribution in [3.63, 3.8) is 0 Å². The Morgan fingerprint density at radius 2 is 1.81 bits per heavy atom. The number of hydrogen-bond donors (Lipinski definition) is 0. The van der Waals surface area contributed by atoms with E-state index >= 15 is 0 Å². The van der Waals surface area contributed by atoms with Gasteiger partial charge in [-0.25, -0.2) is 4.39 Å². The summed E-state index contributed by atoms with van der Waals surface area (Å²) in [6.07, 6.45) is 0. The second-order valence-electron chi connectivity index (χ2n) is 5.03. The minimum atomic E-state index is -0.339. The van der Waals surface area contributed by atoms with Crippen molar-refractivity contribution in [2.24, 2.45) is 7.05 Å². The van der Waals surface area contributed by atoms with Crippen molar-refractivity contribution in [3.8, 4) is 0 Å². The Morgan fingerprint density at radius 1 is 1.00 bits per heavy atom. The Balaban J connectivity index is 2.44. The van der Waals surface area contributed by atoms with E-state index in [9.17, 15) is 9.18 Å². The Labute approximate surface area is 123 Å². The van der Waals surface area contributed by atoms with Crippen molar-refractivity contribution in [3.05, 3.63) is 63.7 Å². The highest BCUT2D eigenvalue weighted by Crippen LogP contribution is 2.26. The van der Waals surface area contributed by atoms with Crippen molar-refractivity contribution >= 4 is 39.1 Å². The number of hydrogen-bond acceptors (Lipinski definition) is 1. The quantitative estimate of drug-likeness (QED) is 0.486. The van der Waals surface area contributed by atoms with Gasteiger partial charge < -0.3 is 8.97 Å². The predicted molar refractivity (Wildman–Crippen MR) is 82.6 cm³/mol. The van der Waals surface area contributed by atoms with Crippen molar-refractivity contribution in [1.29, 1.82) is 0 Å². The molecule has 0 N–H and O–H groups in total. The lowest BCUT2D eigenvalue weighted by Gasteiger charge is -2.09. The van der Waals surface area contributed by atoms with E-state index in [1.807, 2.05) is 0 Å². The molecule has 2 aromatic heterocycles. The molecule has 5 heteroatoms. The number of aryl methyl sites for hydroxylation is 1. The first-order valence-electron chi connectivity index (χ1n) is 6.46. The molecule has 2 aromatic carbocycles. The van der Waals surface area contributed by atoms with Gasteiger partial charge in [-0.3, -0.25) is 4.79 Å². The highest BCUT2D eigenvalue weighted by atomic mass is 35.5. The highest BCUT2D eigenvalue weighted by molar-refractivity contribution is 6.31. The zero-order valence-corrected chi connectivity index (χ0v) is 11.9. The van der Waals surface area contributed by atoms with Gasteiger partial charge in [-0.05, 0) is 36.4 Å². The maximum atomic E-state index is 14.0. The van der Waals surface area contributed by atoms with E-state index in [4.69, 9.17) is 11.6 Å². The minimum Gasteiger partial charge on any atom is -0.308 e. The number of fused-ring (bicyclic) bond motifs is 5. The fourth-order valence-corrected chi connectivity index (χ4v) is 3.02. The van der Waals surface area contributed by atoms with Gasteiger partial charge >= 0.3 is 0 Å². The molecular weight excluding hydrogens is 291 g/mol. The lowest BCUT2D eigenvalue weighted by Crippen LogP contribution is -2.19. The summed E-state index contributed by atoms with van der Waals surface area (Å²) in [7, 11) is 1.70. The molecule has 4 aromatic rings. The van der Waals surface area contributed by atoms with E-state index < -0.39 is 0 Å². The van der Waals surface area contributed by atoms with Gasteiger partial charge in [0.2, 0.25) is 0 Å². The third-order valence-electron chi connectivity index (χ3n) is 3.86. The summed E-state index contributed by atoms with van der Waals surface area (Å²) in [5.41, 5.74) is 2.46. The Hall–Kier alpha value is -2.33. The molecule has 0 saturated heterocycles. The van der Waals surface area contributed by atoms with Crippen LogP contribution in [-0.2, 0) is 7.05 Å². The molecule has 0 atom stereocenters. The molecular formula is C16H10ClFN2O. The minimum absolute atomic E-state index is 0.166. The average molecular weight is 301 g/mol. The molecule has 0 aliphatic heterocycles. The normalized spacial score (nSPS) is 11.8. The van der Waals surface area contributed by atoms with Crippen molar-refractivity contribution in [1.82, 2.24) is 8.97 Å². The zero-order valence-electron chi connectivity index (χ0n) is 11.1. The largest absolute Gasteiger partial charge is 0.308 e. The van der Waals surface area contributed by atoms with Crippen molar-refractivity contribution in [2.45, 2.75) is 0 Å². The summed E-state index contributed by atoms with van der Waals surface area (Å²) in [5, 5.41) is 1.00. The first-order valence-corrected chi connectivity index (χ1v) is 6.83. The number of benzene rings is 2. The molecule has 0 radical (unpaired) electrons. The van der Waals surface area contributed by atoms with E-state index in [1.165, 1.54) is 6.07 Å². The molecule has 0 spiro atoms. The first kappa shape index (κ1) is 12.4. The summed E-state index contributed by atoms with van der Waals surface area (Å²) >= 11 is 6.09. The third kappa shape index (κ3) is 1.56. The molecule has 0 aliphatic carbocycles. The third-order valence-corrected chi connectivity index (χ3v) is 4.09.